The van der Waals surface area contributed by atoms with Crippen molar-refractivity contribution in [2.24, 2.45) is 5.22 Å². The Hall–Kier alpha value is -3.07. The number of nitrogens with one attached hydrogen (secondary N) is 3. The van der Waals surface area contributed by atoms with E-state index in [2.05, 4.69) is 16.7 Å². The van der Waals surface area contributed by atoms with Gasteiger partial charge in [-0.2, -0.15) is 5.53 Å². The Morgan fingerprint density at radius 1 is 1.19 bits per heavy atom. The van der Waals surface area contributed by atoms with Gasteiger partial charge in [-0.3, -0.25) is 5.41 Å². The van der Waals surface area contributed by atoms with Crippen molar-refractivity contribution in [3.63, 3.8) is 0 Å². The molecule has 32 heavy (non-hydrogen) atoms. The molecule has 1 aliphatic carbocycles. The third kappa shape index (κ3) is 4.88. The van der Waals surface area contributed by atoms with Gasteiger partial charge in [0.1, 0.15) is 17.7 Å². The number of hydrogen-bond acceptors (Lipinski definition) is 6. The van der Waals surface area contributed by atoms with Crippen molar-refractivity contribution >= 4 is 11.5 Å². The monoisotopic (exact) mass is 443 g/mol. The van der Waals surface area contributed by atoms with Gasteiger partial charge in [-0.15, -0.1) is 0 Å². The molecule has 3 N–H and O–H groups in total. The first kappa shape index (κ1) is 22.1. The van der Waals surface area contributed by atoms with Gasteiger partial charge in [0.2, 0.25) is 0 Å². The van der Waals surface area contributed by atoms with Crippen LogP contribution in [0.4, 0.5) is 14.5 Å². The molecule has 4 rings (SSSR count). The molecule has 0 spiro atoms. The number of nitrogens with zero attached hydrogens (tertiary/aromatic N) is 2. The van der Waals surface area contributed by atoms with Gasteiger partial charge in [0.25, 0.3) is 0 Å². The van der Waals surface area contributed by atoms with Crippen LogP contribution in [0.25, 0.3) is 0 Å². The molecular weight excluding hydrogens is 416 g/mol. The van der Waals surface area contributed by atoms with Gasteiger partial charge in [-0.1, -0.05) is 23.4 Å². The molecule has 1 saturated carbocycles. The number of anilines is 1. The molecule has 2 aromatic carbocycles. The number of ether oxygens (including phenoxy) is 2. The van der Waals surface area contributed by atoms with Gasteiger partial charge in [0.15, 0.2) is 11.6 Å². The number of benzene rings is 2. The van der Waals surface area contributed by atoms with Crippen LogP contribution in [0, 0.1) is 22.6 Å². The fourth-order valence-corrected chi connectivity index (χ4v) is 4.21. The molecular formula is C23H27F2N5O2. The van der Waals surface area contributed by atoms with E-state index < -0.39 is 11.6 Å². The summed E-state index contributed by atoms with van der Waals surface area (Å²) >= 11 is 0. The summed E-state index contributed by atoms with van der Waals surface area (Å²) in [6.07, 6.45) is 3.48. The summed E-state index contributed by atoms with van der Waals surface area (Å²) in [6, 6.07) is 8.82. The van der Waals surface area contributed by atoms with Crippen LogP contribution in [0.5, 0.6) is 5.75 Å². The zero-order chi connectivity index (χ0) is 22.7. The lowest BCUT2D eigenvalue weighted by Gasteiger charge is -2.35. The number of amidine groups is 1. The van der Waals surface area contributed by atoms with Gasteiger partial charge in [0.05, 0.1) is 11.8 Å². The first-order valence-corrected chi connectivity index (χ1v) is 10.7. The molecule has 1 aliphatic heterocycles. The second-order valence-corrected chi connectivity index (χ2v) is 8.28. The minimum Gasteiger partial charge on any atom is -0.490 e. The fraction of sp³-hybridized carbons (Fsp3) is 0.435. The highest BCUT2D eigenvalue weighted by Crippen LogP contribution is 2.34. The lowest BCUT2D eigenvalue weighted by molar-refractivity contribution is -0.0382. The van der Waals surface area contributed by atoms with E-state index in [1.807, 2.05) is 17.0 Å². The molecule has 2 aliphatic rings. The molecule has 7 nitrogen and oxygen atoms in total. The van der Waals surface area contributed by atoms with E-state index in [1.165, 1.54) is 5.56 Å². The number of hydrogen-bond donors (Lipinski definition) is 3. The smallest absolute Gasteiger partial charge is 0.182 e. The average molecular weight is 443 g/mol. The zero-order valence-electron chi connectivity index (χ0n) is 18.0. The highest BCUT2D eigenvalue weighted by atomic mass is 19.2. The minimum absolute atomic E-state index is 0.0374. The SMILES string of the molecule is CO[C@H]1C[C@H](Oc2cc(F)c(F)c(N3CCc4cc(CCC(=N)NN=N)ccc4C3)c2)C1. The Morgan fingerprint density at radius 2 is 2.00 bits per heavy atom. The quantitative estimate of drug-likeness (QED) is 0.242. The summed E-state index contributed by atoms with van der Waals surface area (Å²) in [5, 5.41) is 10.7. The number of fused-ring (bicyclic) bond motifs is 1. The Morgan fingerprint density at radius 3 is 2.75 bits per heavy atom. The van der Waals surface area contributed by atoms with E-state index in [0.717, 1.165) is 30.0 Å². The lowest BCUT2D eigenvalue weighted by Crippen LogP contribution is -2.39. The molecule has 0 aromatic heterocycles. The maximum atomic E-state index is 14.7. The second-order valence-electron chi connectivity index (χ2n) is 8.28. The zero-order valence-corrected chi connectivity index (χ0v) is 18.0. The molecule has 0 radical (unpaired) electrons. The predicted octanol–water partition coefficient (Wildman–Crippen LogP) is 4.53. The number of rotatable bonds is 8. The topological polar surface area (TPSA) is 93.8 Å². The Bertz CT molecular complexity index is 1010. The summed E-state index contributed by atoms with van der Waals surface area (Å²) < 4.78 is 40.1. The molecule has 1 heterocycles. The van der Waals surface area contributed by atoms with E-state index in [0.29, 0.717) is 38.1 Å². The van der Waals surface area contributed by atoms with E-state index in [1.54, 1.807) is 13.2 Å². The van der Waals surface area contributed by atoms with Crippen molar-refractivity contribution in [1.29, 1.82) is 10.9 Å². The van der Waals surface area contributed by atoms with Crippen molar-refractivity contribution in [1.82, 2.24) is 5.43 Å². The summed E-state index contributed by atoms with van der Waals surface area (Å²) in [7, 11) is 1.66. The molecule has 2 aromatic rings. The molecule has 9 heteroatoms. The van der Waals surface area contributed by atoms with Crippen LogP contribution in [-0.2, 0) is 24.1 Å². The maximum absolute atomic E-state index is 14.7. The number of methoxy groups -OCH3 is 1. The van der Waals surface area contributed by atoms with Crippen molar-refractivity contribution in [3.8, 4) is 5.75 Å². The highest BCUT2D eigenvalue weighted by Gasteiger charge is 2.31. The molecule has 0 bridgehead atoms. The van der Waals surface area contributed by atoms with Gasteiger partial charge >= 0.3 is 0 Å². The van der Waals surface area contributed by atoms with Gasteiger partial charge in [-0.05, 0) is 29.5 Å². The average Bonchev–Trinajstić information content (AvgIpc) is 2.76. The van der Waals surface area contributed by atoms with Crippen LogP contribution >= 0.6 is 0 Å². The Kier molecular flexibility index (Phi) is 6.64. The third-order valence-electron chi connectivity index (χ3n) is 6.15. The molecule has 0 unspecified atom stereocenters. The summed E-state index contributed by atoms with van der Waals surface area (Å²) in [5.74, 6) is -1.22. The molecule has 1 fully saturated rings. The Balaban J connectivity index is 1.44. The van der Waals surface area contributed by atoms with Crippen LogP contribution in [0.3, 0.4) is 0 Å². The van der Waals surface area contributed by atoms with Crippen molar-refractivity contribution in [2.75, 3.05) is 18.6 Å². The van der Waals surface area contributed by atoms with Crippen LogP contribution in [-0.4, -0.2) is 31.7 Å². The predicted molar refractivity (Wildman–Crippen MR) is 116 cm³/mol. The molecule has 0 saturated heterocycles. The van der Waals surface area contributed by atoms with Crippen molar-refractivity contribution in [2.45, 2.75) is 50.9 Å². The van der Waals surface area contributed by atoms with Crippen LogP contribution < -0.4 is 15.1 Å². The normalized spacial score (nSPS) is 19.7. The van der Waals surface area contributed by atoms with Gasteiger partial charge in [0, 0.05) is 51.6 Å². The van der Waals surface area contributed by atoms with Crippen LogP contribution in [0.2, 0.25) is 0 Å². The van der Waals surface area contributed by atoms with E-state index >= 15 is 0 Å². The molecule has 0 atom stereocenters. The van der Waals surface area contributed by atoms with E-state index in [4.69, 9.17) is 20.4 Å². The summed E-state index contributed by atoms with van der Waals surface area (Å²) in [4.78, 5) is 1.85. The fourth-order valence-electron chi connectivity index (χ4n) is 4.21. The molecule has 170 valence electrons. The third-order valence-corrected chi connectivity index (χ3v) is 6.15. The largest absolute Gasteiger partial charge is 0.490 e. The summed E-state index contributed by atoms with van der Waals surface area (Å²) in [5.41, 5.74) is 12.6. The Labute approximate surface area is 185 Å². The summed E-state index contributed by atoms with van der Waals surface area (Å²) in [6.45, 7) is 1.06. The van der Waals surface area contributed by atoms with Crippen LogP contribution in [0.15, 0.2) is 35.6 Å². The van der Waals surface area contributed by atoms with E-state index in [9.17, 15) is 8.78 Å². The van der Waals surface area contributed by atoms with Crippen molar-refractivity contribution < 1.29 is 18.3 Å². The maximum Gasteiger partial charge on any atom is 0.182 e. The highest BCUT2D eigenvalue weighted by molar-refractivity contribution is 5.78. The van der Waals surface area contributed by atoms with Gasteiger partial charge in [-0.25, -0.2) is 14.2 Å². The first-order valence-electron chi connectivity index (χ1n) is 10.7. The number of aryl methyl sites for hydroxylation is 1. The van der Waals surface area contributed by atoms with Crippen molar-refractivity contribution in [3.05, 3.63) is 58.7 Å². The number of halogens is 2. The van der Waals surface area contributed by atoms with Gasteiger partial charge < -0.3 is 14.4 Å². The lowest BCUT2D eigenvalue weighted by atomic mass is 9.92. The minimum atomic E-state index is -0.906. The standard InChI is InChI=1S/C23H27F2N5O2/c1-31-17-9-18(10-17)32-19-11-20(24)23(25)21(12-19)30-7-6-15-8-14(2-4-16(15)13-30)3-5-22(26)28-29-27/h2,4,8,11-12,17-18H,3,5-7,9-10,13H2,1H3,(H3,26,27,28)/t17-,18-. The van der Waals surface area contributed by atoms with Crippen LogP contribution in [0.1, 0.15) is 36.0 Å². The molecule has 0 amide bonds. The van der Waals surface area contributed by atoms with E-state index in [-0.39, 0.29) is 23.7 Å². The second kappa shape index (κ2) is 9.60. The first-order chi connectivity index (χ1) is 15.5.